The van der Waals surface area contributed by atoms with Crippen molar-refractivity contribution in [3.8, 4) is 5.75 Å². The van der Waals surface area contributed by atoms with Crippen molar-refractivity contribution in [2.75, 3.05) is 23.8 Å². The van der Waals surface area contributed by atoms with Gasteiger partial charge in [0.15, 0.2) is 0 Å². The molecule has 0 bridgehead atoms. The Morgan fingerprint density at radius 3 is 2.57 bits per heavy atom. The first-order valence-electron chi connectivity index (χ1n) is 7.32. The molecule has 0 unspecified atom stereocenters. The van der Waals surface area contributed by atoms with E-state index < -0.39 is 0 Å². The maximum absolute atomic E-state index is 5.63. The van der Waals surface area contributed by atoms with Crippen LogP contribution < -0.4 is 15.4 Å². The molecule has 0 fully saturated rings. The van der Waals surface area contributed by atoms with E-state index in [1.165, 1.54) is 0 Å². The fourth-order valence-corrected chi connectivity index (χ4v) is 1.95. The van der Waals surface area contributed by atoms with Gasteiger partial charge in [-0.25, -0.2) is 4.98 Å². The second-order valence-electron chi connectivity index (χ2n) is 4.71. The summed E-state index contributed by atoms with van der Waals surface area (Å²) in [4.78, 5) is 12.6. The quantitative estimate of drug-likeness (QED) is 0.654. The summed E-state index contributed by atoms with van der Waals surface area (Å²) < 4.78 is 5.63. The summed E-state index contributed by atoms with van der Waals surface area (Å²) >= 11 is 0. The Morgan fingerprint density at radius 2 is 1.74 bits per heavy atom. The largest absolute Gasteiger partial charge is 0.492 e. The molecule has 3 aromatic rings. The first-order chi connectivity index (χ1) is 11.4. The van der Waals surface area contributed by atoms with Gasteiger partial charge in [0.05, 0.1) is 6.54 Å². The van der Waals surface area contributed by atoms with Gasteiger partial charge in [-0.1, -0.05) is 18.2 Å². The van der Waals surface area contributed by atoms with Gasteiger partial charge in [0.2, 0.25) is 5.95 Å². The molecule has 3 rings (SSSR count). The van der Waals surface area contributed by atoms with E-state index in [1.54, 1.807) is 18.6 Å². The minimum Gasteiger partial charge on any atom is -0.492 e. The van der Waals surface area contributed by atoms with Gasteiger partial charge in [-0.2, -0.15) is 4.98 Å². The first kappa shape index (κ1) is 14.8. The van der Waals surface area contributed by atoms with Crippen molar-refractivity contribution >= 4 is 17.5 Å². The molecule has 6 heteroatoms. The second-order valence-corrected chi connectivity index (χ2v) is 4.71. The van der Waals surface area contributed by atoms with Gasteiger partial charge in [0, 0.05) is 24.3 Å². The molecule has 0 radical (unpaired) electrons. The van der Waals surface area contributed by atoms with Crippen molar-refractivity contribution in [1.29, 1.82) is 0 Å². The maximum Gasteiger partial charge on any atom is 0.229 e. The van der Waals surface area contributed by atoms with E-state index in [9.17, 15) is 0 Å². The van der Waals surface area contributed by atoms with Crippen LogP contribution in [-0.4, -0.2) is 28.1 Å². The van der Waals surface area contributed by atoms with E-state index in [4.69, 9.17) is 4.74 Å². The second kappa shape index (κ2) is 7.74. The number of hydrogen-bond donors (Lipinski definition) is 2. The maximum atomic E-state index is 5.63. The van der Waals surface area contributed by atoms with Crippen LogP contribution in [0, 0.1) is 0 Å². The summed E-state index contributed by atoms with van der Waals surface area (Å²) in [6.45, 7) is 1.21. The number of rotatable bonds is 7. The third-order valence-corrected chi connectivity index (χ3v) is 3.01. The third-order valence-electron chi connectivity index (χ3n) is 3.01. The fourth-order valence-electron chi connectivity index (χ4n) is 1.95. The fraction of sp³-hybridized carbons (Fsp3) is 0.118. The monoisotopic (exact) mass is 307 g/mol. The van der Waals surface area contributed by atoms with Gasteiger partial charge in [-0.15, -0.1) is 0 Å². The number of ether oxygens (including phenoxy) is 1. The van der Waals surface area contributed by atoms with Crippen LogP contribution in [0.15, 0.2) is 67.1 Å². The molecule has 23 heavy (non-hydrogen) atoms. The van der Waals surface area contributed by atoms with Crippen molar-refractivity contribution in [2.24, 2.45) is 0 Å². The van der Waals surface area contributed by atoms with Gasteiger partial charge >= 0.3 is 0 Å². The van der Waals surface area contributed by atoms with E-state index in [0.717, 1.165) is 17.3 Å². The van der Waals surface area contributed by atoms with Crippen molar-refractivity contribution in [3.05, 3.63) is 67.1 Å². The predicted molar refractivity (Wildman–Crippen MR) is 90.0 cm³/mol. The molecular formula is C17H17N5O. The van der Waals surface area contributed by atoms with E-state index in [2.05, 4.69) is 25.6 Å². The minimum atomic E-state index is 0.533. The van der Waals surface area contributed by atoms with Crippen LogP contribution in [0.25, 0.3) is 0 Å². The summed E-state index contributed by atoms with van der Waals surface area (Å²) in [6.07, 6.45) is 5.13. The molecule has 0 aliphatic rings. The van der Waals surface area contributed by atoms with Crippen LogP contribution in [-0.2, 0) is 0 Å². The zero-order chi connectivity index (χ0) is 15.7. The number of hydrogen-bond acceptors (Lipinski definition) is 6. The standard InChI is InChI=1S/C17H17N5O/c1-2-4-15(5-3-1)23-13-12-19-16-8-11-20-17(22-16)21-14-6-9-18-10-7-14/h1-11H,12-13H2,(H2,18,19,20,21,22). The number of anilines is 3. The predicted octanol–water partition coefficient (Wildman–Crippen LogP) is 3.11. The van der Waals surface area contributed by atoms with Crippen LogP contribution in [0.5, 0.6) is 5.75 Å². The summed E-state index contributed by atoms with van der Waals surface area (Å²) in [6, 6.07) is 15.3. The van der Waals surface area contributed by atoms with Crippen molar-refractivity contribution in [2.45, 2.75) is 0 Å². The smallest absolute Gasteiger partial charge is 0.229 e. The molecule has 0 amide bonds. The zero-order valence-corrected chi connectivity index (χ0v) is 12.5. The average Bonchev–Trinajstić information content (AvgIpc) is 2.61. The van der Waals surface area contributed by atoms with E-state index in [-0.39, 0.29) is 0 Å². The molecule has 2 aromatic heterocycles. The lowest BCUT2D eigenvalue weighted by molar-refractivity contribution is 0.333. The Hall–Kier alpha value is -3.15. The Labute approximate surface area is 134 Å². The zero-order valence-electron chi connectivity index (χ0n) is 12.5. The summed E-state index contributed by atoms with van der Waals surface area (Å²) in [5, 5.41) is 6.34. The van der Waals surface area contributed by atoms with Crippen molar-refractivity contribution in [3.63, 3.8) is 0 Å². The molecule has 2 N–H and O–H groups in total. The lowest BCUT2D eigenvalue weighted by Crippen LogP contribution is -2.12. The van der Waals surface area contributed by atoms with Gasteiger partial charge in [-0.05, 0) is 30.3 Å². The molecule has 0 atom stereocenters. The van der Waals surface area contributed by atoms with Crippen LogP contribution in [0.3, 0.4) is 0 Å². The van der Waals surface area contributed by atoms with E-state index in [1.807, 2.05) is 48.5 Å². The number of pyridine rings is 1. The minimum absolute atomic E-state index is 0.533. The van der Waals surface area contributed by atoms with Crippen LogP contribution >= 0.6 is 0 Å². The molecule has 0 saturated carbocycles. The average molecular weight is 307 g/mol. The Kier molecular flexibility index (Phi) is 4.97. The van der Waals surface area contributed by atoms with E-state index >= 15 is 0 Å². The number of benzene rings is 1. The highest BCUT2D eigenvalue weighted by atomic mass is 16.5. The number of aromatic nitrogens is 3. The molecule has 0 saturated heterocycles. The highest BCUT2D eigenvalue weighted by Crippen LogP contribution is 2.12. The number of para-hydroxylation sites is 1. The summed E-state index contributed by atoms with van der Waals surface area (Å²) in [5.41, 5.74) is 0.893. The van der Waals surface area contributed by atoms with Gasteiger partial charge in [0.1, 0.15) is 18.2 Å². The Balaban J connectivity index is 1.49. The van der Waals surface area contributed by atoms with Gasteiger partial charge in [0.25, 0.3) is 0 Å². The topological polar surface area (TPSA) is 72.0 Å². The van der Waals surface area contributed by atoms with Crippen LogP contribution in [0.2, 0.25) is 0 Å². The SMILES string of the molecule is c1ccc(OCCNc2ccnc(Nc3ccncc3)n2)cc1. The Morgan fingerprint density at radius 1 is 0.913 bits per heavy atom. The lowest BCUT2D eigenvalue weighted by Gasteiger charge is -2.09. The molecule has 0 aliphatic carbocycles. The van der Waals surface area contributed by atoms with Crippen LogP contribution in [0.1, 0.15) is 0 Å². The molecular weight excluding hydrogens is 290 g/mol. The van der Waals surface area contributed by atoms with E-state index in [0.29, 0.717) is 19.1 Å². The summed E-state index contributed by atoms with van der Waals surface area (Å²) in [7, 11) is 0. The third kappa shape index (κ3) is 4.67. The molecule has 0 spiro atoms. The Bertz CT molecular complexity index is 721. The number of nitrogens with zero attached hydrogens (tertiary/aromatic N) is 3. The van der Waals surface area contributed by atoms with Gasteiger partial charge in [-0.3, -0.25) is 4.98 Å². The van der Waals surface area contributed by atoms with Gasteiger partial charge < -0.3 is 15.4 Å². The highest BCUT2D eigenvalue weighted by molar-refractivity contribution is 5.53. The van der Waals surface area contributed by atoms with Crippen molar-refractivity contribution < 1.29 is 4.74 Å². The molecule has 116 valence electrons. The first-order valence-corrected chi connectivity index (χ1v) is 7.32. The highest BCUT2D eigenvalue weighted by Gasteiger charge is 2.00. The van der Waals surface area contributed by atoms with Crippen LogP contribution in [0.4, 0.5) is 17.5 Å². The lowest BCUT2D eigenvalue weighted by atomic mass is 10.3. The molecule has 0 aliphatic heterocycles. The number of nitrogens with one attached hydrogen (secondary N) is 2. The molecule has 1 aromatic carbocycles. The van der Waals surface area contributed by atoms with Crippen molar-refractivity contribution in [1.82, 2.24) is 15.0 Å². The normalized spacial score (nSPS) is 10.1. The summed E-state index contributed by atoms with van der Waals surface area (Å²) in [5.74, 6) is 2.13. The molecule has 2 heterocycles. The molecule has 6 nitrogen and oxygen atoms in total.